The number of benzene rings is 3. The van der Waals surface area contributed by atoms with Gasteiger partial charge in [0.25, 0.3) is 0 Å². The van der Waals surface area contributed by atoms with Gasteiger partial charge in [0.15, 0.2) is 5.60 Å². The van der Waals surface area contributed by atoms with Crippen molar-refractivity contribution < 1.29 is 27.2 Å². The highest BCUT2D eigenvalue weighted by Gasteiger charge is 2.38. The van der Waals surface area contributed by atoms with E-state index in [0.717, 1.165) is 47.7 Å². The maximum Gasteiger partial charge on any atom is 0.156 e. The highest BCUT2D eigenvalue weighted by molar-refractivity contribution is 6.31. The molecule has 0 unspecified atom stereocenters. The third kappa shape index (κ3) is 6.19. The lowest BCUT2D eigenvalue weighted by Crippen LogP contribution is -3.00. The molecule has 0 saturated heterocycles. The van der Waals surface area contributed by atoms with Gasteiger partial charge in [-0.3, -0.25) is 0 Å². The maximum atomic E-state index is 11.9. The molecule has 3 rings (SSSR count). The van der Waals surface area contributed by atoms with Crippen molar-refractivity contribution in [2.24, 2.45) is 5.16 Å². The summed E-state index contributed by atoms with van der Waals surface area (Å²) in [7, 11) is 0. The first-order chi connectivity index (χ1) is 16.0. The average Bonchev–Trinajstić information content (AvgIpc) is 2.88. The van der Waals surface area contributed by atoms with E-state index >= 15 is 0 Å². The first-order valence-corrected chi connectivity index (χ1v) is 12.0. The van der Waals surface area contributed by atoms with Crippen LogP contribution in [0.4, 0.5) is 0 Å². The van der Waals surface area contributed by atoms with Gasteiger partial charge in [0, 0.05) is 17.0 Å². The summed E-state index contributed by atoms with van der Waals surface area (Å²) in [5, 5.41) is 26.3. The van der Waals surface area contributed by atoms with E-state index in [1.54, 1.807) is 0 Å². The number of hydrogen-bond donors (Lipinski definition) is 2. The average molecular weight is 501 g/mol. The van der Waals surface area contributed by atoms with Gasteiger partial charge in [0.2, 0.25) is 0 Å². The van der Waals surface area contributed by atoms with Gasteiger partial charge in [0.05, 0.1) is 25.3 Å². The Labute approximate surface area is 214 Å². The van der Waals surface area contributed by atoms with Crippen LogP contribution in [-0.2, 0) is 12.1 Å². The summed E-state index contributed by atoms with van der Waals surface area (Å²) in [5.41, 5.74) is 1.37. The van der Waals surface area contributed by atoms with Gasteiger partial charge in [-0.05, 0) is 37.5 Å². The summed E-state index contributed by atoms with van der Waals surface area (Å²) in [5.74, 6) is 0. The highest BCUT2D eigenvalue weighted by atomic mass is 35.5. The fraction of sp³-hybridized carbons (Fsp3) is 0.321. The first-order valence-electron chi connectivity index (χ1n) is 11.6. The van der Waals surface area contributed by atoms with Crippen molar-refractivity contribution in [3.05, 3.63) is 107 Å². The van der Waals surface area contributed by atoms with Crippen molar-refractivity contribution in [1.29, 1.82) is 0 Å². The second-order valence-electron chi connectivity index (χ2n) is 8.54. The Hall–Kier alpha value is -2.37. The minimum absolute atomic E-state index is 0. The van der Waals surface area contributed by atoms with E-state index in [9.17, 15) is 10.3 Å². The van der Waals surface area contributed by atoms with Gasteiger partial charge in [-0.25, -0.2) is 0 Å². The molecule has 0 atom stereocenters. The molecule has 2 N–H and O–H groups in total. The Bertz CT molecular complexity index is 999. The summed E-state index contributed by atoms with van der Waals surface area (Å²) >= 11 is 6.45. The van der Waals surface area contributed by atoms with Gasteiger partial charge < -0.3 is 27.2 Å². The van der Waals surface area contributed by atoms with Gasteiger partial charge in [0.1, 0.15) is 6.54 Å². The number of aliphatic hydroxyl groups is 1. The smallest absolute Gasteiger partial charge is 0.156 e. The van der Waals surface area contributed by atoms with Crippen LogP contribution in [0.1, 0.15) is 43.4 Å². The predicted octanol–water partition coefficient (Wildman–Crippen LogP) is 3.25. The zero-order chi connectivity index (χ0) is 23.7. The maximum absolute atomic E-state index is 11.9. The normalized spacial score (nSPS) is 12.3. The van der Waals surface area contributed by atoms with Crippen LogP contribution in [0.2, 0.25) is 5.02 Å². The zero-order valence-electron chi connectivity index (χ0n) is 19.9. The molecule has 3 aromatic rings. The van der Waals surface area contributed by atoms with Crippen molar-refractivity contribution >= 4 is 17.3 Å². The highest BCUT2D eigenvalue weighted by Crippen LogP contribution is 2.33. The van der Waals surface area contributed by atoms with E-state index in [1.807, 2.05) is 78.9 Å². The van der Waals surface area contributed by atoms with Crippen LogP contribution in [-0.4, -0.2) is 40.1 Å². The van der Waals surface area contributed by atoms with Crippen LogP contribution in [0.5, 0.6) is 0 Å². The molecule has 6 heteroatoms. The summed E-state index contributed by atoms with van der Waals surface area (Å²) in [4.78, 5) is 0. The molecule has 0 bridgehead atoms. The van der Waals surface area contributed by atoms with Gasteiger partial charge in [-0.2, -0.15) is 0 Å². The van der Waals surface area contributed by atoms with E-state index in [1.165, 1.54) is 0 Å². The second-order valence-corrected chi connectivity index (χ2v) is 8.95. The lowest BCUT2D eigenvalue weighted by atomic mass is 9.80. The Balaban J connectivity index is 0.00000408. The molecule has 4 nitrogen and oxygen atoms in total. The molecule has 0 saturated carbocycles. The van der Waals surface area contributed by atoms with Crippen LogP contribution < -0.4 is 12.4 Å². The van der Waals surface area contributed by atoms with Crippen molar-refractivity contribution in [2.45, 2.75) is 38.8 Å². The fourth-order valence-electron chi connectivity index (χ4n) is 4.57. The minimum atomic E-state index is -1.49. The summed E-state index contributed by atoms with van der Waals surface area (Å²) in [6.07, 6.45) is 1.24. The minimum Gasteiger partial charge on any atom is -1.00 e. The van der Waals surface area contributed by atoms with Crippen LogP contribution >= 0.6 is 11.6 Å². The lowest BCUT2D eigenvalue weighted by molar-refractivity contribution is -0.937. The molecule has 0 aliphatic carbocycles. The van der Waals surface area contributed by atoms with E-state index in [2.05, 4.69) is 25.1 Å². The van der Waals surface area contributed by atoms with Crippen LogP contribution in [0.15, 0.2) is 90.1 Å². The SMILES string of the molecule is CC[N+](CC)(CCC/C(=N/O)C(O)(c1ccccc1)c1ccccc1)Cc1ccccc1Cl.[Cl-]. The van der Waals surface area contributed by atoms with E-state index in [4.69, 9.17) is 11.6 Å². The van der Waals surface area contributed by atoms with E-state index in [-0.39, 0.29) is 12.4 Å². The second kappa shape index (κ2) is 12.9. The van der Waals surface area contributed by atoms with Crippen molar-refractivity contribution in [3.63, 3.8) is 0 Å². The number of halogens is 2. The van der Waals surface area contributed by atoms with Crippen molar-refractivity contribution in [3.8, 4) is 0 Å². The monoisotopic (exact) mass is 500 g/mol. The van der Waals surface area contributed by atoms with E-state index in [0.29, 0.717) is 23.3 Å². The van der Waals surface area contributed by atoms with Gasteiger partial charge >= 0.3 is 0 Å². The lowest BCUT2D eigenvalue weighted by Gasteiger charge is -2.38. The number of quaternary nitrogens is 1. The Kier molecular flexibility index (Phi) is 10.6. The van der Waals surface area contributed by atoms with Crippen molar-refractivity contribution in [2.75, 3.05) is 19.6 Å². The van der Waals surface area contributed by atoms with Gasteiger partial charge in [-0.15, -0.1) is 0 Å². The quantitative estimate of drug-likeness (QED) is 0.184. The zero-order valence-corrected chi connectivity index (χ0v) is 21.4. The Morgan fingerprint density at radius 1 is 0.853 bits per heavy atom. The largest absolute Gasteiger partial charge is 1.00 e. The Morgan fingerprint density at radius 2 is 1.35 bits per heavy atom. The number of rotatable bonds is 11. The van der Waals surface area contributed by atoms with E-state index < -0.39 is 5.60 Å². The first kappa shape index (κ1) is 27.9. The van der Waals surface area contributed by atoms with Crippen LogP contribution in [0.25, 0.3) is 0 Å². The summed E-state index contributed by atoms with van der Waals surface area (Å²) in [6.45, 7) is 8.07. The summed E-state index contributed by atoms with van der Waals surface area (Å²) in [6, 6.07) is 26.9. The predicted molar refractivity (Wildman–Crippen MR) is 136 cm³/mol. The Morgan fingerprint density at radius 3 is 1.82 bits per heavy atom. The van der Waals surface area contributed by atoms with Gasteiger partial charge in [-0.1, -0.05) is 95.6 Å². The fourth-order valence-corrected chi connectivity index (χ4v) is 4.77. The van der Waals surface area contributed by atoms with Crippen LogP contribution in [0, 0.1) is 0 Å². The van der Waals surface area contributed by atoms with Crippen LogP contribution in [0.3, 0.4) is 0 Å². The molecule has 3 aromatic carbocycles. The molecule has 0 amide bonds. The molecule has 0 spiro atoms. The third-order valence-corrected chi connectivity index (χ3v) is 7.14. The molecule has 182 valence electrons. The number of hydrogen-bond acceptors (Lipinski definition) is 3. The standard InChI is InChI=1S/C28H33ClN2O2.ClH/c1-3-31(4-2,22-23-14-11-12-19-26(23)29)21-13-20-27(30-33)28(32,24-15-7-5-8-16-24)25-17-9-6-10-18-25;/h5-12,14-19,32H,3-4,13,20-22H2,1-2H3;1H/b30-27-;. The molecule has 34 heavy (non-hydrogen) atoms. The molecule has 0 aliphatic rings. The molecular formula is C28H34Cl2N2O2. The van der Waals surface area contributed by atoms with Crippen molar-refractivity contribution in [1.82, 2.24) is 0 Å². The number of nitrogens with zero attached hydrogens (tertiary/aromatic N) is 2. The third-order valence-electron chi connectivity index (χ3n) is 6.77. The summed E-state index contributed by atoms with van der Waals surface area (Å²) < 4.78 is 0.873. The molecule has 0 aromatic heterocycles. The molecule has 0 heterocycles. The molecular weight excluding hydrogens is 467 g/mol. The molecule has 0 fully saturated rings. The number of oxime groups is 1. The molecule has 0 aliphatic heterocycles. The molecule has 0 radical (unpaired) electrons. The topological polar surface area (TPSA) is 52.8 Å².